The molecule has 0 saturated carbocycles. The van der Waals surface area contributed by atoms with Crippen LogP contribution >= 0.6 is 0 Å². The fourth-order valence-corrected chi connectivity index (χ4v) is 3.47. The van der Waals surface area contributed by atoms with Gasteiger partial charge >= 0.3 is 0 Å². The summed E-state index contributed by atoms with van der Waals surface area (Å²) in [4.78, 5) is 12.2. The molecular weight excluding hydrogens is 371 g/mol. The number of nitrogens with zero attached hydrogens (tertiary/aromatic N) is 3. The number of aromatic nitrogens is 3. The zero-order valence-corrected chi connectivity index (χ0v) is 16.1. The molecule has 29 heavy (non-hydrogen) atoms. The topological polar surface area (TPSA) is 69.0 Å². The standard InChI is InChI=1S/C22H23FN4O2/c23-18-9-3-4-10-19(18)29-14-12-21(28)24-17-8-6-7-16(15-17)22-26-25-20-11-2-1-5-13-27(20)22/h3-4,6-10,15H,1-2,5,11-14H2,(H,24,28). The average Bonchev–Trinajstić information content (AvgIpc) is 2.98. The second kappa shape index (κ2) is 8.86. The van der Waals surface area contributed by atoms with E-state index in [1.165, 1.54) is 18.6 Å². The minimum atomic E-state index is -0.437. The van der Waals surface area contributed by atoms with Crippen LogP contribution < -0.4 is 10.1 Å². The quantitative estimate of drug-likeness (QED) is 0.680. The lowest BCUT2D eigenvalue weighted by Crippen LogP contribution is -2.15. The number of hydrogen-bond acceptors (Lipinski definition) is 4. The number of ether oxygens (including phenoxy) is 1. The number of hydrogen-bond donors (Lipinski definition) is 1. The summed E-state index contributed by atoms with van der Waals surface area (Å²) >= 11 is 0. The van der Waals surface area contributed by atoms with Gasteiger partial charge in [0.25, 0.3) is 0 Å². The first kappa shape index (κ1) is 19.1. The molecule has 1 N–H and O–H groups in total. The Morgan fingerprint density at radius 2 is 2.00 bits per heavy atom. The molecule has 0 fully saturated rings. The molecule has 1 aliphatic heterocycles. The fourth-order valence-electron chi connectivity index (χ4n) is 3.47. The molecule has 0 unspecified atom stereocenters. The van der Waals surface area contributed by atoms with Gasteiger partial charge in [0.2, 0.25) is 5.91 Å². The molecule has 0 atom stereocenters. The zero-order chi connectivity index (χ0) is 20.1. The minimum absolute atomic E-state index is 0.101. The SMILES string of the molecule is O=C(CCOc1ccccc1F)Nc1cccc(-c2nnc3n2CCCCC3)c1. The maximum absolute atomic E-state index is 13.5. The van der Waals surface area contributed by atoms with E-state index in [1.54, 1.807) is 12.1 Å². The fraction of sp³-hybridized carbons (Fsp3) is 0.318. The Hall–Kier alpha value is -3.22. The van der Waals surface area contributed by atoms with Gasteiger partial charge in [-0.25, -0.2) is 4.39 Å². The van der Waals surface area contributed by atoms with Gasteiger partial charge in [-0.15, -0.1) is 10.2 Å². The van der Waals surface area contributed by atoms with Gasteiger partial charge in [-0.05, 0) is 37.1 Å². The zero-order valence-electron chi connectivity index (χ0n) is 16.1. The predicted octanol–water partition coefficient (Wildman–Crippen LogP) is 4.22. The third kappa shape index (κ3) is 4.62. The molecular formula is C22H23FN4O2. The third-order valence-electron chi connectivity index (χ3n) is 4.94. The number of rotatable bonds is 6. The lowest BCUT2D eigenvalue weighted by molar-refractivity contribution is -0.116. The van der Waals surface area contributed by atoms with E-state index in [-0.39, 0.29) is 24.7 Å². The van der Waals surface area contributed by atoms with Crippen molar-refractivity contribution < 1.29 is 13.9 Å². The van der Waals surface area contributed by atoms with E-state index in [0.29, 0.717) is 5.69 Å². The molecule has 2 aromatic carbocycles. The van der Waals surface area contributed by atoms with Gasteiger partial charge in [0.15, 0.2) is 17.4 Å². The summed E-state index contributed by atoms with van der Waals surface area (Å²) in [6, 6.07) is 13.7. The molecule has 0 radical (unpaired) electrons. The third-order valence-corrected chi connectivity index (χ3v) is 4.94. The first-order valence-electron chi connectivity index (χ1n) is 9.90. The van der Waals surface area contributed by atoms with Crippen molar-refractivity contribution in [1.29, 1.82) is 0 Å². The number of carbonyl (C=O) groups is 1. The maximum Gasteiger partial charge on any atom is 0.227 e. The Kier molecular flexibility index (Phi) is 5.84. The monoisotopic (exact) mass is 394 g/mol. The van der Waals surface area contributed by atoms with E-state index in [0.717, 1.165) is 43.0 Å². The summed E-state index contributed by atoms with van der Waals surface area (Å²) < 4.78 is 21.1. The molecule has 6 nitrogen and oxygen atoms in total. The van der Waals surface area contributed by atoms with Crippen LogP contribution in [0.25, 0.3) is 11.4 Å². The van der Waals surface area contributed by atoms with Crippen molar-refractivity contribution in [1.82, 2.24) is 14.8 Å². The van der Waals surface area contributed by atoms with E-state index in [4.69, 9.17) is 4.74 Å². The smallest absolute Gasteiger partial charge is 0.227 e. The largest absolute Gasteiger partial charge is 0.490 e. The number of amides is 1. The van der Waals surface area contributed by atoms with Crippen LogP contribution in [0.5, 0.6) is 5.75 Å². The lowest BCUT2D eigenvalue weighted by Gasteiger charge is -2.10. The minimum Gasteiger partial charge on any atom is -0.490 e. The average molecular weight is 394 g/mol. The molecule has 0 saturated heterocycles. The van der Waals surface area contributed by atoms with Crippen LogP contribution in [0.1, 0.15) is 31.5 Å². The van der Waals surface area contributed by atoms with Crippen LogP contribution in [0.15, 0.2) is 48.5 Å². The highest BCUT2D eigenvalue weighted by Crippen LogP contribution is 2.25. The van der Waals surface area contributed by atoms with Crippen molar-refractivity contribution in [2.75, 3.05) is 11.9 Å². The summed E-state index contributed by atoms with van der Waals surface area (Å²) in [6.07, 6.45) is 4.54. The Labute approximate surface area is 168 Å². The normalized spacial score (nSPS) is 13.4. The Morgan fingerprint density at radius 1 is 1.10 bits per heavy atom. The van der Waals surface area contributed by atoms with E-state index < -0.39 is 5.82 Å². The summed E-state index contributed by atoms with van der Waals surface area (Å²) in [5.41, 5.74) is 1.61. The first-order chi connectivity index (χ1) is 14.2. The summed E-state index contributed by atoms with van der Waals surface area (Å²) in [6.45, 7) is 1.02. The van der Waals surface area contributed by atoms with Crippen molar-refractivity contribution in [2.24, 2.45) is 0 Å². The maximum atomic E-state index is 13.5. The molecule has 150 valence electrons. The van der Waals surface area contributed by atoms with Gasteiger partial charge in [0.05, 0.1) is 13.0 Å². The highest BCUT2D eigenvalue weighted by molar-refractivity contribution is 5.91. The predicted molar refractivity (Wildman–Crippen MR) is 108 cm³/mol. The lowest BCUT2D eigenvalue weighted by atomic mass is 10.2. The second-order valence-corrected chi connectivity index (χ2v) is 7.06. The van der Waals surface area contributed by atoms with Gasteiger partial charge in [0, 0.05) is 24.2 Å². The number of para-hydroxylation sites is 1. The van der Waals surface area contributed by atoms with Gasteiger partial charge < -0.3 is 14.6 Å². The van der Waals surface area contributed by atoms with Crippen LogP contribution in [-0.2, 0) is 17.8 Å². The van der Waals surface area contributed by atoms with Crippen LogP contribution in [0.4, 0.5) is 10.1 Å². The van der Waals surface area contributed by atoms with Crippen LogP contribution in [0.3, 0.4) is 0 Å². The number of anilines is 1. The van der Waals surface area contributed by atoms with Gasteiger partial charge in [-0.1, -0.05) is 30.7 Å². The number of nitrogens with one attached hydrogen (secondary N) is 1. The Morgan fingerprint density at radius 3 is 2.90 bits per heavy atom. The number of aryl methyl sites for hydroxylation is 1. The molecule has 0 aliphatic carbocycles. The number of benzene rings is 2. The number of carbonyl (C=O) groups excluding carboxylic acids is 1. The second-order valence-electron chi connectivity index (χ2n) is 7.06. The Balaban J connectivity index is 1.38. The summed E-state index contributed by atoms with van der Waals surface area (Å²) in [7, 11) is 0. The first-order valence-corrected chi connectivity index (χ1v) is 9.90. The molecule has 1 amide bonds. The van der Waals surface area contributed by atoms with Crippen molar-refractivity contribution >= 4 is 11.6 Å². The molecule has 2 heterocycles. The molecule has 7 heteroatoms. The van der Waals surface area contributed by atoms with E-state index in [2.05, 4.69) is 20.1 Å². The van der Waals surface area contributed by atoms with Crippen LogP contribution in [-0.4, -0.2) is 27.3 Å². The Bertz CT molecular complexity index is 1000. The van der Waals surface area contributed by atoms with Crippen molar-refractivity contribution in [2.45, 2.75) is 38.6 Å². The van der Waals surface area contributed by atoms with E-state index >= 15 is 0 Å². The van der Waals surface area contributed by atoms with Gasteiger partial charge in [-0.2, -0.15) is 0 Å². The number of fused-ring (bicyclic) bond motifs is 1. The van der Waals surface area contributed by atoms with Crippen LogP contribution in [0.2, 0.25) is 0 Å². The molecule has 1 aromatic heterocycles. The molecule has 3 aromatic rings. The number of halogens is 1. The molecule has 0 spiro atoms. The summed E-state index contributed by atoms with van der Waals surface area (Å²) in [5, 5.41) is 11.6. The molecule has 4 rings (SSSR count). The van der Waals surface area contributed by atoms with Crippen molar-refractivity contribution in [3.63, 3.8) is 0 Å². The van der Waals surface area contributed by atoms with E-state index in [9.17, 15) is 9.18 Å². The highest BCUT2D eigenvalue weighted by Gasteiger charge is 2.16. The van der Waals surface area contributed by atoms with Gasteiger partial charge in [-0.3, -0.25) is 4.79 Å². The highest BCUT2D eigenvalue weighted by atomic mass is 19.1. The van der Waals surface area contributed by atoms with Gasteiger partial charge in [0.1, 0.15) is 5.82 Å². The van der Waals surface area contributed by atoms with Crippen LogP contribution in [0, 0.1) is 5.82 Å². The van der Waals surface area contributed by atoms with Crippen molar-refractivity contribution in [3.8, 4) is 17.1 Å². The van der Waals surface area contributed by atoms with E-state index in [1.807, 2.05) is 24.3 Å². The molecule has 1 aliphatic rings. The summed E-state index contributed by atoms with van der Waals surface area (Å²) in [5.74, 6) is 1.37. The molecule has 0 bridgehead atoms. The van der Waals surface area contributed by atoms with Crippen molar-refractivity contribution in [3.05, 3.63) is 60.2 Å².